The van der Waals surface area contributed by atoms with E-state index in [4.69, 9.17) is 41.0 Å². The van der Waals surface area contributed by atoms with Crippen LogP contribution in [0.3, 0.4) is 0 Å². The number of nitrogens with one attached hydrogen (secondary N) is 1. The molecule has 3 rings (SSSR count). The summed E-state index contributed by atoms with van der Waals surface area (Å²) in [7, 11) is 0. The summed E-state index contributed by atoms with van der Waals surface area (Å²) in [5, 5.41) is 11.8. The highest BCUT2D eigenvalue weighted by molar-refractivity contribution is 7.80. The van der Waals surface area contributed by atoms with Crippen LogP contribution in [0, 0.1) is 0 Å². The standard InChI is InChI=1S/C17H27NO7S/c1-8(15(19)20)18-11(26)6-9-13-14(25-17(4,5)24-13)12(22-9)10-7-21-16(2,3)23-10/h8-10,12-14H,6-7H2,1-5H3,(H,18,26)(H,19,20)/t8-,9-,10+,12+,13+,14-/m0/s1. The van der Waals surface area contributed by atoms with E-state index in [1.807, 2.05) is 27.7 Å². The Balaban J connectivity index is 1.69. The molecule has 0 amide bonds. The lowest BCUT2D eigenvalue weighted by Crippen LogP contribution is -2.41. The molecule has 0 unspecified atom stereocenters. The van der Waals surface area contributed by atoms with Crippen molar-refractivity contribution in [3.63, 3.8) is 0 Å². The van der Waals surface area contributed by atoms with E-state index >= 15 is 0 Å². The maximum absolute atomic E-state index is 11.0. The zero-order chi connectivity index (χ0) is 19.3. The maximum atomic E-state index is 11.0. The van der Waals surface area contributed by atoms with E-state index in [1.165, 1.54) is 0 Å². The molecular formula is C17H27NO7S. The average Bonchev–Trinajstić information content (AvgIpc) is 3.10. The molecule has 148 valence electrons. The van der Waals surface area contributed by atoms with Gasteiger partial charge < -0.3 is 34.1 Å². The third-order valence-electron chi connectivity index (χ3n) is 4.72. The number of carbonyl (C=O) groups is 1. The highest BCUT2D eigenvalue weighted by Crippen LogP contribution is 2.43. The van der Waals surface area contributed by atoms with Crippen LogP contribution in [0.4, 0.5) is 0 Å². The first kappa shape index (κ1) is 19.9. The van der Waals surface area contributed by atoms with Crippen molar-refractivity contribution >= 4 is 23.2 Å². The van der Waals surface area contributed by atoms with Gasteiger partial charge in [0.1, 0.15) is 30.5 Å². The molecule has 0 aliphatic carbocycles. The number of carboxylic acids is 1. The van der Waals surface area contributed by atoms with E-state index in [-0.39, 0.29) is 30.5 Å². The lowest BCUT2D eigenvalue weighted by Gasteiger charge is -2.27. The van der Waals surface area contributed by atoms with Crippen molar-refractivity contribution < 1.29 is 33.6 Å². The summed E-state index contributed by atoms with van der Waals surface area (Å²) in [6.07, 6.45) is -1.20. The molecule has 0 spiro atoms. The Hall–Kier alpha value is -0.840. The average molecular weight is 389 g/mol. The number of fused-ring (bicyclic) bond motifs is 1. The van der Waals surface area contributed by atoms with Gasteiger partial charge in [0.25, 0.3) is 0 Å². The van der Waals surface area contributed by atoms with Gasteiger partial charge in [0.05, 0.1) is 17.7 Å². The maximum Gasteiger partial charge on any atom is 0.325 e. The molecule has 6 atom stereocenters. The molecule has 0 aromatic rings. The zero-order valence-electron chi connectivity index (χ0n) is 15.7. The summed E-state index contributed by atoms with van der Waals surface area (Å²) in [4.78, 5) is 11.4. The van der Waals surface area contributed by atoms with Crippen LogP contribution < -0.4 is 5.32 Å². The molecule has 2 N–H and O–H groups in total. The fourth-order valence-electron chi connectivity index (χ4n) is 3.60. The number of hydrogen-bond donors (Lipinski definition) is 2. The van der Waals surface area contributed by atoms with Crippen LogP contribution in [-0.4, -0.2) is 70.8 Å². The predicted octanol–water partition coefficient (Wildman–Crippen LogP) is 1.21. The number of rotatable bonds is 5. The minimum Gasteiger partial charge on any atom is -0.480 e. The summed E-state index contributed by atoms with van der Waals surface area (Å²) >= 11 is 5.31. The number of ether oxygens (including phenoxy) is 5. The highest BCUT2D eigenvalue weighted by Gasteiger charge is 2.58. The summed E-state index contributed by atoms with van der Waals surface area (Å²) < 4.78 is 29.9. The molecule has 3 fully saturated rings. The summed E-state index contributed by atoms with van der Waals surface area (Å²) in [6, 6.07) is -0.764. The Bertz CT molecular complexity index is 581. The molecule has 9 heteroatoms. The first-order valence-corrected chi connectivity index (χ1v) is 9.23. The van der Waals surface area contributed by atoms with Gasteiger partial charge in [-0.25, -0.2) is 0 Å². The van der Waals surface area contributed by atoms with E-state index in [0.29, 0.717) is 18.0 Å². The van der Waals surface area contributed by atoms with Crippen LogP contribution in [0.15, 0.2) is 0 Å². The molecule has 8 nitrogen and oxygen atoms in total. The molecule has 3 saturated heterocycles. The molecule has 0 bridgehead atoms. The van der Waals surface area contributed by atoms with Gasteiger partial charge >= 0.3 is 5.97 Å². The van der Waals surface area contributed by atoms with E-state index in [0.717, 1.165) is 0 Å². The second-order valence-electron chi connectivity index (χ2n) is 7.90. The second-order valence-corrected chi connectivity index (χ2v) is 8.40. The fraction of sp³-hybridized carbons (Fsp3) is 0.882. The number of carboxylic acid groups (broad SMARTS) is 1. The second kappa shape index (κ2) is 6.96. The minimum atomic E-state index is -0.962. The lowest BCUT2D eigenvalue weighted by atomic mass is 10.0. The largest absolute Gasteiger partial charge is 0.480 e. The fourth-order valence-corrected chi connectivity index (χ4v) is 3.94. The summed E-state index contributed by atoms with van der Waals surface area (Å²) in [6.45, 7) is 9.39. The van der Waals surface area contributed by atoms with Crippen molar-refractivity contribution in [2.45, 2.75) is 89.2 Å². The molecule has 26 heavy (non-hydrogen) atoms. The highest BCUT2D eigenvalue weighted by atomic mass is 32.1. The van der Waals surface area contributed by atoms with E-state index < -0.39 is 23.6 Å². The van der Waals surface area contributed by atoms with Crippen molar-refractivity contribution in [1.29, 1.82) is 0 Å². The number of aliphatic carboxylic acids is 1. The van der Waals surface area contributed by atoms with Gasteiger partial charge in [-0.1, -0.05) is 12.2 Å². The van der Waals surface area contributed by atoms with Gasteiger partial charge in [-0.15, -0.1) is 0 Å². The zero-order valence-corrected chi connectivity index (χ0v) is 16.5. The van der Waals surface area contributed by atoms with Gasteiger partial charge in [0, 0.05) is 6.42 Å². The molecule has 0 radical (unpaired) electrons. The Morgan fingerprint density at radius 2 is 1.81 bits per heavy atom. The Morgan fingerprint density at radius 1 is 1.15 bits per heavy atom. The van der Waals surface area contributed by atoms with Gasteiger partial charge in [-0.05, 0) is 34.6 Å². The summed E-state index contributed by atoms with van der Waals surface area (Å²) in [5.74, 6) is -2.35. The lowest BCUT2D eigenvalue weighted by molar-refractivity contribution is -0.205. The van der Waals surface area contributed by atoms with E-state index in [1.54, 1.807) is 6.92 Å². The quantitative estimate of drug-likeness (QED) is 0.673. The van der Waals surface area contributed by atoms with Crippen LogP contribution in [0.2, 0.25) is 0 Å². The number of thiocarbonyl (C=S) groups is 1. The van der Waals surface area contributed by atoms with Crippen molar-refractivity contribution in [2.24, 2.45) is 0 Å². The SMILES string of the molecule is C[C@H](NC(=S)C[C@@H]1O[C@H]([C@H]2COC(C)(C)O2)[C@@H]2OC(C)(C)O[C@@H]21)C(=O)O. The molecule has 3 aliphatic heterocycles. The molecule has 3 heterocycles. The Kier molecular flexibility index (Phi) is 5.33. The molecule has 0 saturated carbocycles. The van der Waals surface area contributed by atoms with Crippen molar-refractivity contribution in [3.05, 3.63) is 0 Å². The van der Waals surface area contributed by atoms with Crippen molar-refractivity contribution in [2.75, 3.05) is 6.61 Å². The van der Waals surface area contributed by atoms with E-state index in [9.17, 15) is 4.79 Å². The summed E-state index contributed by atoms with van der Waals surface area (Å²) in [5.41, 5.74) is 0. The normalized spacial score (nSPS) is 38.7. The molecular weight excluding hydrogens is 362 g/mol. The third kappa shape index (κ3) is 4.18. The monoisotopic (exact) mass is 389 g/mol. The molecule has 0 aromatic carbocycles. The Morgan fingerprint density at radius 3 is 2.38 bits per heavy atom. The van der Waals surface area contributed by atoms with Crippen LogP contribution in [0.5, 0.6) is 0 Å². The van der Waals surface area contributed by atoms with Crippen LogP contribution >= 0.6 is 12.2 Å². The molecule has 3 aliphatic rings. The van der Waals surface area contributed by atoms with Crippen LogP contribution in [-0.2, 0) is 28.5 Å². The third-order valence-corrected chi connectivity index (χ3v) is 5.00. The van der Waals surface area contributed by atoms with Crippen LogP contribution in [0.1, 0.15) is 41.0 Å². The van der Waals surface area contributed by atoms with Gasteiger partial charge in [-0.2, -0.15) is 0 Å². The topological polar surface area (TPSA) is 95.5 Å². The van der Waals surface area contributed by atoms with Crippen molar-refractivity contribution in [3.8, 4) is 0 Å². The van der Waals surface area contributed by atoms with E-state index in [2.05, 4.69) is 5.32 Å². The van der Waals surface area contributed by atoms with Crippen LogP contribution in [0.25, 0.3) is 0 Å². The van der Waals surface area contributed by atoms with Gasteiger partial charge in [0.15, 0.2) is 11.6 Å². The predicted molar refractivity (Wildman–Crippen MR) is 94.8 cm³/mol. The van der Waals surface area contributed by atoms with Gasteiger partial charge in [-0.3, -0.25) is 4.79 Å². The minimum absolute atomic E-state index is 0.264. The Labute approximate surface area is 158 Å². The first-order chi connectivity index (χ1) is 12.0. The smallest absolute Gasteiger partial charge is 0.325 e. The molecule has 0 aromatic heterocycles. The van der Waals surface area contributed by atoms with Crippen molar-refractivity contribution in [1.82, 2.24) is 5.32 Å². The number of hydrogen-bond acceptors (Lipinski definition) is 7. The van der Waals surface area contributed by atoms with Gasteiger partial charge in [0.2, 0.25) is 0 Å². The first-order valence-electron chi connectivity index (χ1n) is 8.82.